The molecule has 1 fully saturated rings. The van der Waals surface area contributed by atoms with E-state index >= 15 is 0 Å². The van der Waals surface area contributed by atoms with Crippen molar-refractivity contribution in [2.24, 2.45) is 5.92 Å². The van der Waals surface area contributed by atoms with E-state index in [1.54, 1.807) is 0 Å². The fourth-order valence-corrected chi connectivity index (χ4v) is 4.02. The Morgan fingerprint density at radius 1 is 1.07 bits per heavy atom. The zero-order valence-electron chi connectivity index (χ0n) is 17.6. The highest BCUT2D eigenvalue weighted by atomic mass is 16.1. The summed E-state index contributed by atoms with van der Waals surface area (Å²) in [4.78, 5) is 23.8. The largest absolute Gasteiger partial charge is 0.326 e. The van der Waals surface area contributed by atoms with Gasteiger partial charge in [0.05, 0.1) is 5.92 Å². The summed E-state index contributed by atoms with van der Waals surface area (Å²) in [5.41, 5.74) is 5.44. The van der Waals surface area contributed by atoms with E-state index < -0.39 is 0 Å². The van der Waals surface area contributed by atoms with E-state index in [0.29, 0.717) is 0 Å². The third kappa shape index (κ3) is 5.10. The predicted molar refractivity (Wildman–Crippen MR) is 120 cm³/mol. The van der Waals surface area contributed by atoms with Gasteiger partial charge < -0.3 is 5.32 Å². The molecule has 0 unspecified atom stereocenters. The molecule has 154 valence electrons. The number of carbonyl (C=O) groups excluding carboxylic acids is 1. The van der Waals surface area contributed by atoms with Crippen molar-refractivity contribution in [1.82, 2.24) is 14.9 Å². The van der Waals surface area contributed by atoms with Crippen LogP contribution in [0.15, 0.2) is 60.9 Å². The van der Waals surface area contributed by atoms with Crippen LogP contribution in [0.5, 0.6) is 0 Å². The molecule has 1 amide bonds. The molecular weight excluding hydrogens is 372 g/mol. The molecule has 1 aromatic heterocycles. The maximum Gasteiger partial charge on any atom is 0.228 e. The normalized spacial score (nSPS) is 16.9. The molecule has 1 aliphatic heterocycles. The van der Waals surface area contributed by atoms with E-state index in [2.05, 4.69) is 63.5 Å². The molecule has 0 aliphatic carbocycles. The Hall–Kier alpha value is -3.05. The molecule has 1 N–H and O–H groups in total. The van der Waals surface area contributed by atoms with Gasteiger partial charge in [-0.15, -0.1) is 0 Å². The highest BCUT2D eigenvalue weighted by molar-refractivity contribution is 5.93. The number of aryl methyl sites for hydroxylation is 2. The number of nitrogens with zero attached hydrogens (tertiary/aromatic N) is 3. The van der Waals surface area contributed by atoms with Crippen molar-refractivity contribution in [3.8, 4) is 11.1 Å². The number of benzene rings is 2. The summed E-state index contributed by atoms with van der Waals surface area (Å²) in [6, 6.07) is 16.5. The molecule has 1 saturated heterocycles. The number of nitrogens with one attached hydrogen (secondary N) is 1. The second-order valence-corrected chi connectivity index (χ2v) is 8.15. The van der Waals surface area contributed by atoms with E-state index in [0.717, 1.165) is 60.7 Å². The van der Waals surface area contributed by atoms with Gasteiger partial charge in [-0.2, -0.15) is 0 Å². The minimum absolute atomic E-state index is 0.00672. The van der Waals surface area contributed by atoms with Crippen LogP contribution in [0.3, 0.4) is 0 Å². The highest BCUT2D eigenvalue weighted by Crippen LogP contribution is 2.25. The standard InChI is InChI=1S/C25H28N4O/c1-18-6-3-7-21(12-18)22-8-4-10-24(13-22)28-25(30)23-9-5-11-29(17-23)16-20-14-26-19(2)27-15-20/h3-4,6-8,10,12-15,23H,5,9,11,16-17H2,1-2H3,(H,28,30)/t23-/m1/s1. The van der Waals surface area contributed by atoms with Crippen LogP contribution in [0.4, 0.5) is 5.69 Å². The Bertz CT molecular complexity index is 1020. The van der Waals surface area contributed by atoms with Gasteiger partial charge in [-0.1, -0.05) is 42.0 Å². The quantitative estimate of drug-likeness (QED) is 0.679. The van der Waals surface area contributed by atoms with Crippen molar-refractivity contribution >= 4 is 11.6 Å². The van der Waals surface area contributed by atoms with E-state index in [-0.39, 0.29) is 11.8 Å². The molecule has 1 aliphatic rings. The number of amides is 1. The first-order valence-electron chi connectivity index (χ1n) is 10.5. The van der Waals surface area contributed by atoms with E-state index in [4.69, 9.17) is 0 Å². The Morgan fingerprint density at radius 2 is 1.80 bits per heavy atom. The monoisotopic (exact) mass is 400 g/mol. The number of rotatable bonds is 5. The molecule has 2 heterocycles. The van der Waals surface area contributed by atoms with Crippen LogP contribution in [-0.4, -0.2) is 33.9 Å². The van der Waals surface area contributed by atoms with Gasteiger partial charge in [0.15, 0.2) is 0 Å². The molecule has 30 heavy (non-hydrogen) atoms. The van der Waals surface area contributed by atoms with Crippen LogP contribution in [0.1, 0.15) is 29.8 Å². The molecule has 0 bridgehead atoms. The number of hydrogen-bond acceptors (Lipinski definition) is 4. The third-order valence-electron chi connectivity index (χ3n) is 5.60. The summed E-state index contributed by atoms with van der Waals surface area (Å²) in [5.74, 6) is 0.872. The summed E-state index contributed by atoms with van der Waals surface area (Å²) >= 11 is 0. The average molecular weight is 401 g/mol. The van der Waals surface area contributed by atoms with E-state index in [1.807, 2.05) is 31.5 Å². The molecule has 0 radical (unpaired) electrons. The number of carbonyl (C=O) groups is 1. The van der Waals surface area contributed by atoms with Gasteiger partial charge in [-0.25, -0.2) is 9.97 Å². The fraction of sp³-hybridized carbons (Fsp3) is 0.320. The zero-order valence-corrected chi connectivity index (χ0v) is 17.6. The molecule has 5 nitrogen and oxygen atoms in total. The molecule has 5 heteroatoms. The van der Waals surface area contributed by atoms with Crippen LogP contribution >= 0.6 is 0 Å². The van der Waals surface area contributed by atoms with Crippen LogP contribution < -0.4 is 5.32 Å². The van der Waals surface area contributed by atoms with Crippen LogP contribution in [-0.2, 0) is 11.3 Å². The first-order chi connectivity index (χ1) is 14.6. The number of likely N-dealkylation sites (tertiary alicyclic amines) is 1. The molecule has 3 aromatic rings. The maximum atomic E-state index is 12.9. The number of anilines is 1. The van der Waals surface area contributed by atoms with Crippen molar-refractivity contribution in [3.05, 3.63) is 77.9 Å². The molecule has 1 atom stereocenters. The van der Waals surface area contributed by atoms with Gasteiger partial charge in [0.2, 0.25) is 5.91 Å². The van der Waals surface area contributed by atoms with Gasteiger partial charge in [0.1, 0.15) is 5.82 Å². The molecular formula is C25H28N4O. The van der Waals surface area contributed by atoms with Gasteiger partial charge in [0, 0.05) is 36.7 Å². The Balaban J connectivity index is 1.39. The number of aromatic nitrogens is 2. The predicted octanol–water partition coefficient (Wildman–Crippen LogP) is 4.61. The number of piperidine rings is 1. The Kier molecular flexibility index (Phi) is 6.19. The fourth-order valence-electron chi connectivity index (χ4n) is 4.02. The van der Waals surface area contributed by atoms with Crippen molar-refractivity contribution in [2.45, 2.75) is 33.2 Å². The summed E-state index contributed by atoms with van der Waals surface area (Å²) in [6.07, 6.45) is 5.70. The van der Waals surface area contributed by atoms with Crippen LogP contribution in [0, 0.1) is 19.8 Å². The first-order valence-corrected chi connectivity index (χ1v) is 10.5. The molecule has 0 saturated carbocycles. The Morgan fingerprint density at radius 3 is 2.57 bits per heavy atom. The lowest BCUT2D eigenvalue weighted by Gasteiger charge is -2.31. The summed E-state index contributed by atoms with van der Waals surface area (Å²) in [6.45, 7) is 6.52. The van der Waals surface area contributed by atoms with Gasteiger partial charge in [-0.3, -0.25) is 9.69 Å². The second-order valence-electron chi connectivity index (χ2n) is 8.15. The molecule has 2 aromatic carbocycles. The van der Waals surface area contributed by atoms with E-state index in [9.17, 15) is 4.79 Å². The van der Waals surface area contributed by atoms with Gasteiger partial charge in [0.25, 0.3) is 0 Å². The van der Waals surface area contributed by atoms with Crippen molar-refractivity contribution in [3.63, 3.8) is 0 Å². The lowest BCUT2D eigenvalue weighted by Crippen LogP contribution is -2.40. The second kappa shape index (κ2) is 9.18. The minimum Gasteiger partial charge on any atom is -0.326 e. The van der Waals surface area contributed by atoms with Crippen molar-refractivity contribution in [1.29, 1.82) is 0 Å². The van der Waals surface area contributed by atoms with Crippen LogP contribution in [0.2, 0.25) is 0 Å². The number of hydrogen-bond donors (Lipinski definition) is 1. The van der Waals surface area contributed by atoms with Gasteiger partial charge >= 0.3 is 0 Å². The molecule has 4 rings (SSSR count). The lowest BCUT2D eigenvalue weighted by atomic mass is 9.96. The smallest absolute Gasteiger partial charge is 0.228 e. The first kappa shape index (κ1) is 20.2. The highest BCUT2D eigenvalue weighted by Gasteiger charge is 2.26. The maximum absolute atomic E-state index is 12.9. The summed E-state index contributed by atoms with van der Waals surface area (Å²) < 4.78 is 0. The third-order valence-corrected chi connectivity index (χ3v) is 5.60. The van der Waals surface area contributed by atoms with Gasteiger partial charge in [-0.05, 0) is 56.5 Å². The van der Waals surface area contributed by atoms with E-state index in [1.165, 1.54) is 5.56 Å². The van der Waals surface area contributed by atoms with Crippen molar-refractivity contribution < 1.29 is 4.79 Å². The SMILES string of the molecule is Cc1cccc(-c2cccc(NC(=O)[C@@H]3CCCN(Cc4cnc(C)nc4)C3)c2)c1. The van der Waals surface area contributed by atoms with Crippen molar-refractivity contribution in [2.75, 3.05) is 18.4 Å². The summed E-state index contributed by atoms with van der Waals surface area (Å²) in [7, 11) is 0. The topological polar surface area (TPSA) is 58.1 Å². The lowest BCUT2D eigenvalue weighted by molar-refractivity contribution is -0.121. The average Bonchev–Trinajstić information content (AvgIpc) is 2.76. The zero-order chi connectivity index (χ0) is 20.9. The van der Waals surface area contributed by atoms with Crippen LogP contribution in [0.25, 0.3) is 11.1 Å². The minimum atomic E-state index is -0.00672. The molecule has 0 spiro atoms. The Labute approximate surface area is 178 Å². The summed E-state index contributed by atoms with van der Waals surface area (Å²) in [5, 5.41) is 3.14.